The molecule has 1 N–H and O–H groups in total. The highest BCUT2D eigenvalue weighted by atomic mass is 16.5. The van der Waals surface area contributed by atoms with Gasteiger partial charge in [0.1, 0.15) is 5.75 Å². The number of rotatable bonds is 8. The molecule has 3 amide bonds. The van der Waals surface area contributed by atoms with Crippen molar-refractivity contribution in [2.75, 3.05) is 13.7 Å². The molecule has 2 aromatic carbocycles. The third-order valence-electron chi connectivity index (χ3n) is 5.80. The quantitative estimate of drug-likeness (QED) is 0.679. The fraction of sp³-hybridized carbons (Fsp3) is 0.375. The monoisotopic (exact) mass is 406 g/mol. The second kappa shape index (κ2) is 8.30. The maximum Gasteiger partial charge on any atom is 0.261 e. The zero-order valence-corrected chi connectivity index (χ0v) is 17.3. The van der Waals surface area contributed by atoms with Gasteiger partial charge in [-0.25, -0.2) is 0 Å². The summed E-state index contributed by atoms with van der Waals surface area (Å²) in [6.07, 6.45) is 2.92. The van der Waals surface area contributed by atoms with Crippen LogP contribution in [0.4, 0.5) is 0 Å². The number of fused-ring (bicyclic) bond motifs is 1. The molecule has 0 spiro atoms. The van der Waals surface area contributed by atoms with E-state index in [0.29, 0.717) is 23.5 Å². The Balaban J connectivity index is 1.32. The number of carbonyl (C=O) groups is 3. The second-order valence-electron chi connectivity index (χ2n) is 8.07. The number of methoxy groups -OCH3 is 1. The van der Waals surface area contributed by atoms with Crippen molar-refractivity contribution in [2.45, 2.75) is 38.6 Å². The first-order valence-electron chi connectivity index (χ1n) is 10.4. The minimum Gasteiger partial charge on any atom is -0.497 e. The summed E-state index contributed by atoms with van der Waals surface area (Å²) in [4.78, 5) is 38.9. The fourth-order valence-electron chi connectivity index (χ4n) is 3.97. The van der Waals surface area contributed by atoms with Crippen LogP contribution in [0.3, 0.4) is 0 Å². The highest BCUT2D eigenvalue weighted by molar-refractivity contribution is 6.21. The van der Waals surface area contributed by atoms with Crippen LogP contribution >= 0.6 is 0 Å². The van der Waals surface area contributed by atoms with Crippen LogP contribution in [0.5, 0.6) is 5.75 Å². The van der Waals surface area contributed by atoms with Crippen LogP contribution < -0.4 is 10.1 Å². The second-order valence-corrected chi connectivity index (χ2v) is 8.07. The number of hydrogen-bond donors (Lipinski definition) is 1. The smallest absolute Gasteiger partial charge is 0.261 e. The Bertz CT molecular complexity index is 979. The Morgan fingerprint density at radius 1 is 1.10 bits per heavy atom. The summed E-state index contributed by atoms with van der Waals surface area (Å²) >= 11 is 0. The van der Waals surface area contributed by atoms with E-state index in [-0.39, 0.29) is 36.7 Å². The van der Waals surface area contributed by atoms with Crippen LogP contribution in [-0.4, -0.2) is 36.3 Å². The van der Waals surface area contributed by atoms with Gasteiger partial charge in [-0.2, -0.15) is 0 Å². The van der Waals surface area contributed by atoms with E-state index in [2.05, 4.69) is 5.32 Å². The molecule has 1 fully saturated rings. The molecule has 1 atom stereocenters. The van der Waals surface area contributed by atoms with Crippen molar-refractivity contribution in [3.05, 3.63) is 64.7 Å². The van der Waals surface area contributed by atoms with Crippen LogP contribution in [0.25, 0.3) is 0 Å². The lowest BCUT2D eigenvalue weighted by Gasteiger charge is -2.20. The minimum absolute atomic E-state index is 0.00862. The number of aryl methyl sites for hydroxylation is 1. The van der Waals surface area contributed by atoms with E-state index in [1.54, 1.807) is 19.2 Å². The highest BCUT2D eigenvalue weighted by Crippen LogP contribution is 2.41. The molecule has 2 aromatic rings. The molecule has 6 heteroatoms. The average Bonchev–Trinajstić information content (AvgIpc) is 3.56. The molecule has 156 valence electrons. The van der Waals surface area contributed by atoms with Crippen molar-refractivity contribution < 1.29 is 19.1 Å². The van der Waals surface area contributed by atoms with E-state index in [1.807, 2.05) is 37.3 Å². The summed E-state index contributed by atoms with van der Waals surface area (Å²) in [5.41, 5.74) is 2.92. The van der Waals surface area contributed by atoms with Gasteiger partial charge in [0.05, 0.1) is 24.3 Å². The molecular formula is C24H26N2O4. The van der Waals surface area contributed by atoms with E-state index in [1.165, 1.54) is 4.90 Å². The number of benzene rings is 2. The molecule has 30 heavy (non-hydrogen) atoms. The standard InChI is InChI=1S/C24H26N2O4/c1-15-5-12-19-20(14-15)24(29)26(23(19)28)13-3-4-21(27)25-22(16-6-7-16)17-8-10-18(30-2)11-9-17/h5,8-12,14,16,22H,3-4,6-7,13H2,1-2H3,(H,25,27). The SMILES string of the molecule is COc1ccc(C(NC(=O)CCCN2C(=O)c3ccc(C)cc3C2=O)C2CC2)cc1. The Morgan fingerprint density at radius 3 is 2.47 bits per heavy atom. The first-order valence-corrected chi connectivity index (χ1v) is 10.4. The number of amides is 3. The van der Waals surface area contributed by atoms with Crippen molar-refractivity contribution >= 4 is 17.7 Å². The van der Waals surface area contributed by atoms with Crippen LogP contribution in [0, 0.1) is 12.8 Å². The van der Waals surface area contributed by atoms with Gasteiger partial charge in [-0.1, -0.05) is 23.8 Å². The molecule has 0 aromatic heterocycles. The largest absolute Gasteiger partial charge is 0.497 e. The van der Waals surface area contributed by atoms with Crippen LogP contribution in [-0.2, 0) is 4.79 Å². The molecule has 0 saturated heterocycles. The number of imide groups is 1. The van der Waals surface area contributed by atoms with E-state index in [0.717, 1.165) is 29.7 Å². The summed E-state index contributed by atoms with van der Waals surface area (Å²) in [5.74, 6) is 0.644. The molecule has 4 rings (SSSR count). The number of carbonyl (C=O) groups excluding carboxylic acids is 3. The maximum atomic E-state index is 12.6. The summed E-state index contributed by atoms with van der Waals surface area (Å²) in [7, 11) is 1.63. The van der Waals surface area contributed by atoms with Gasteiger partial charge in [0.15, 0.2) is 0 Å². The van der Waals surface area contributed by atoms with Crippen LogP contribution in [0.1, 0.15) is 63.6 Å². The zero-order valence-electron chi connectivity index (χ0n) is 17.3. The molecule has 6 nitrogen and oxygen atoms in total. The van der Waals surface area contributed by atoms with E-state index in [9.17, 15) is 14.4 Å². The topological polar surface area (TPSA) is 75.7 Å². The van der Waals surface area contributed by atoms with Crippen molar-refractivity contribution in [3.63, 3.8) is 0 Å². The van der Waals surface area contributed by atoms with Crippen molar-refractivity contribution in [1.82, 2.24) is 10.2 Å². The molecule has 1 saturated carbocycles. The van der Waals surface area contributed by atoms with Crippen LogP contribution in [0.2, 0.25) is 0 Å². The first kappa shape index (κ1) is 20.1. The lowest BCUT2D eigenvalue weighted by atomic mass is 10.0. The number of nitrogens with zero attached hydrogens (tertiary/aromatic N) is 1. The number of hydrogen-bond acceptors (Lipinski definition) is 4. The Kier molecular flexibility index (Phi) is 5.57. The Morgan fingerprint density at radius 2 is 1.80 bits per heavy atom. The lowest BCUT2D eigenvalue weighted by molar-refractivity contribution is -0.122. The molecule has 1 heterocycles. The zero-order chi connectivity index (χ0) is 21.3. The van der Waals surface area contributed by atoms with Crippen molar-refractivity contribution in [3.8, 4) is 5.75 Å². The molecule has 1 unspecified atom stereocenters. The summed E-state index contributed by atoms with van der Waals surface area (Å²) < 4.78 is 5.21. The maximum absolute atomic E-state index is 12.6. The summed E-state index contributed by atoms with van der Waals surface area (Å²) in [5, 5.41) is 3.14. The Hall–Kier alpha value is -3.15. The van der Waals surface area contributed by atoms with Crippen molar-refractivity contribution in [2.24, 2.45) is 5.92 Å². The third kappa shape index (κ3) is 4.08. The van der Waals surface area contributed by atoms with Gasteiger partial charge in [0, 0.05) is 13.0 Å². The molecule has 1 aliphatic heterocycles. The van der Waals surface area contributed by atoms with Gasteiger partial charge < -0.3 is 10.1 Å². The van der Waals surface area contributed by atoms with Gasteiger partial charge in [0.2, 0.25) is 5.91 Å². The summed E-state index contributed by atoms with van der Waals surface area (Å²) in [6, 6.07) is 13.1. The lowest BCUT2D eigenvalue weighted by Crippen LogP contribution is -2.33. The van der Waals surface area contributed by atoms with E-state index >= 15 is 0 Å². The van der Waals surface area contributed by atoms with Crippen molar-refractivity contribution in [1.29, 1.82) is 0 Å². The third-order valence-corrected chi connectivity index (χ3v) is 5.80. The molecule has 1 aliphatic carbocycles. The van der Waals surface area contributed by atoms with Gasteiger partial charge in [0.25, 0.3) is 11.8 Å². The summed E-state index contributed by atoms with van der Waals surface area (Å²) in [6.45, 7) is 2.14. The normalized spacial score (nSPS) is 16.4. The molecule has 0 radical (unpaired) electrons. The van der Waals surface area contributed by atoms with Gasteiger partial charge in [-0.3, -0.25) is 19.3 Å². The molecular weight excluding hydrogens is 380 g/mol. The van der Waals surface area contributed by atoms with Gasteiger partial charge in [-0.15, -0.1) is 0 Å². The molecule has 2 aliphatic rings. The number of nitrogens with one attached hydrogen (secondary N) is 1. The highest BCUT2D eigenvalue weighted by Gasteiger charge is 2.36. The van der Waals surface area contributed by atoms with Crippen LogP contribution in [0.15, 0.2) is 42.5 Å². The number of ether oxygens (including phenoxy) is 1. The Labute approximate surface area is 176 Å². The molecule has 0 bridgehead atoms. The average molecular weight is 406 g/mol. The minimum atomic E-state index is -0.274. The van der Waals surface area contributed by atoms with E-state index in [4.69, 9.17) is 4.74 Å². The fourth-order valence-corrected chi connectivity index (χ4v) is 3.97. The first-order chi connectivity index (χ1) is 14.5. The predicted octanol–water partition coefficient (Wildman–Crippen LogP) is 3.65. The van der Waals surface area contributed by atoms with Gasteiger partial charge >= 0.3 is 0 Å². The van der Waals surface area contributed by atoms with E-state index < -0.39 is 0 Å². The van der Waals surface area contributed by atoms with Gasteiger partial charge in [-0.05, 0) is 61.9 Å². The predicted molar refractivity (Wildman–Crippen MR) is 112 cm³/mol.